The van der Waals surface area contributed by atoms with E-state index in [1.54, 1.807) is 36.4 Å². The first-order valence-corrected chi connectivity index (χ1v) is 179. The lowest BCUT2D eigenvalue weighted by Crippen LogP contribution is -2.21. The highest BCUT2D eigenvalue weighted by atomic mass is 33.6. The number of nitrogens with two attached hydrogens (primary N) is 1. The minimum Gasteiger partial charge on any atom is -0.382 e. The first-order chi connectivity index (χ1) is 54.7. The second-order valence-electron chi connectivity index (χ2n) is 21.6. The lowest BCUT2D eigenvalue weighted by atomic mass is 10.1. The zero-order valence-electron chi connectivity index (χ0n) is 61.8. The van der Waals surface area contributed by atoms with Gasteiger partial charge in [0, 0.05) is 30.3 Å². The Bertz CT molecular complexity index is 3340. The standard InChI is InChI=1S/C26H26FN5O4S.H83P81/c1-2-29-13-16-3-8-20(21(27)11-16)22-12-24(36-32-22)25-26(28)30-14-23(31-25)17-4-6-18(7-5-17)37(33,34)19-9-10-35-15-19;1-42-63(43(2)3)73(62(40)41)78(72(60(36)37)61(38)39)81(79(74(64(44(4)5)45(6)7)65(46(8)9)47(10)11)75(66(48(12)13)49(14)15)67(50(16)17)51(18)19)80(76(68(52(20)21)53(22)23)69(54(24)25)55(26)27)77(70(56(28)29)57(30)31)71(58(32)33)59(34)35/h3-8,11-12,14,19,29H,2,9-10,13,15H2,1H3,(H2,28,30);42H,1-41H2. The molecule has 3 N–H and O–H groups in total. The largest absolute Gasteiger partial charge is 0.382 e. The maximum Gasteiger partial charge on any atom is 0.189 e. The number of aromatic nitrogens is 3. The van der Waals surface area contributed by atoms with Gasteiger partial charge in [-0.3, -0.25) is 0 Å². The lowest BCUT2D eigenvalue weighted by Gasteiger charge is -2.62. The van der Waals surface area contributed by atoms with Gasteiger partial charge < -0.3 is 20.3 Å². The average molecular weight is 3120 g/mol. The van der Waals surface area contributed by atoms with Crippen LogP contribution in [-0.2, 0) is 21.1 Å². The molecule has 46 unspecified atom stereocenters. The number of anilines is 1. The van der Waals surface area contributed by atoms with E-state index in [4.69, 9.17) is 15.0 Å². The molecule has 3 heterocycles. The highest BCUT2D eigenvalue weighted by Crippen LogP contribution is 3.52. The van der Waals surface area contributed by atoms with Gasteiger partial charge >= 0.3 is 0 Å². The highest BCUT2D eigenvalue weighted by molar-refractivity contribution is 9.58. The first-order valence-electron chi connectivity index (χ1n) is 30.3. The Morgan fingerprint density at radius 2 is 0.746 bits per heavy atom. The Morgan fingerprint density at radius 3 is 1.02 bits per heavy atom. The predicted molar refractivity (Wildman–Crippen MR) is 813 cm³/mol. The molecule has 46 atom stereocenters. The van der Waals surface area contributed by atoms with Crippen LogP contribution in [0, 0.1) is 5.82 Å². The molecule has 0 spiro atoms. The minimum atomic E-state index is -3.47. The van der Waals surface area contributed by atoms with E-state index in [0.29, 0.717) is 42.1 Å². The van der Waals surface area contributed by atoms with Crippen molar-refractivity contribution in [1.29, 1.82) is 0 Å². The normalized spacial score (nSPS) is 15.8. The number of halogens is 1. The van der Waals surface area contributed by atoms with E-state index < -0.39 is 48.9 Å². The molecule has 0 aliphatic carbocycles. The Labute approximate surface area is 848 Å². The number of nitrogens with one attached hydrogen (secondary N) is 1. The van der Waals surface area contributed by atoms with Crippen molar-refractivity contribution in [2.45, 2.75) is 30.0 Å². The molecule has 5 rings (SSSR count). The van der Waals surface area contributed by atoms with Gasteiger partial charge in [0.25, 0.3) is 0 Å². The third-order valence-electron chi connectivity index (χ3n) is 13.4. The number of rotatable bonds is 47. The molecular weight excluding hydrogens is 3010 g/mol. The van der Waals surface area contributed by atoms with Crippen LogP contribution in [0.4, 0.5) is 10.2 Å². The zero-order valence-corrected chi connectivity index (χ0v) is 146. The van der Waals surface area contributed by atoms with Gasteiger partial charge in [0.05, 0.1) is 28.6 Å². The summed E-state index contributed by atoms with van der Waals surface area (Å²) in [7, 11) is 149. The second kappa shape index (κ2) is 74.0. The monoisotopic (exact) mass is 3120 g/mol. The summed E-state index contributed by atoms with van der Waals surface area (Å²) in [6.45, 7) is -9.48. The fourth-order valence-corrected chi connectivity index (χ4v) is 1200. The van der Waals surface area contributed by atoms with Gasteiger partial charge in [-0.15, -0.1) is 366 Å². The summed E-state index contributed by atoms with van der Waals surface area (Å²) in [5.41, 5.74) is 8.85. The molecule has 0 bridgehead atoms. The van der Waals surface area contributed by atoms with Crippen LogP contribution < -0.4 is 11.1 Å². The molecule has 1 fully saturated rings. The zero-order chi connectivity index (χ0) is 90.2. The first kappa shape index (κ1) is 141. The van der Waals surface area contributed by atoms with Gasteiger partial charge in [-0.25, -0.2) is 22.8 Å². The summed E-state index contributed by atoms with van der Waals surface area (Å²) in [5.74, 6) is -0.0611. The summed E-state index contributed by atoms with van der Waals surface area (Å²) in [4.78, 5) is 9.01. The fourth-order valence-electron chi connectivity index (χ4n) is 9.07. The Morgan fingerprint density at radius 1 is 0.432 bits per heavy atom. The third kappa shape index (κ3) is 44.7. The Balaban J connectivity index is 0.000000646. The van der Waals surface area contributed by atoms with Crippen LogP contribution in [0.3, 0.4) is 0 Å². The summed E-state index contributed by atoms with van der Waals surface area (Å²) in [6.07, 6.45) is 1.98. The maximum absolute atomic E-state index is 14.7. The molecular formula is C26H109FN5O4P81S. The average Bonchev–Trinajstić information content (AvgIpc) is 0.824. The third-order valence-corrected chi connectivity index (χ3v) is 587. The fraction of sp³-hybridized carbons (Fsp3) is 0.269. The van der Waals surface area contributed by atoms with Crippen molar-refractivity contribution < 1.29 is 22.1 Å². The van der Waals surface area contributed by atoms with Crippen molar-refractivity contribution in [3.63, 3.8) is 0 Å². The van der Waals surface area contributed by atoms with Crippen LogP contribution in [0.15, 0.2) is 64.1 Å². The van der Waals surface area contributed by atoms with E-state index in [0.717, 1.165) is 20.1 Å². The van der Waals surface area contributed by atoms with Crippen LogP contribution >= 0.6 is 647 Å². The molecule has 4 aromatic rings. The van der Waals surface area contributed by atoms with Crippen LogP contribution in [0.2, 0.25) is 0 Å². The Hall–Kier alpha value is 31.2. The topological polar surface area (TPSA) is 133 Å². The van der Waals surface area contributed by atoms with Crippen LogP contribution in [-0.4, -0.2) is 48.6 Å². The smallest absolute Gasteiger partial charge is 0.189 e. The van der Waals surface area contributed by atoms with E-state index in [1.807, 2.05) is 13.0 Å². The number of nitrogens with zero attached hydrogens (tertiary/aromatic N) is 3. The summed E-state index contributed by atoms with van der Waals surface area (Å²) in [6, 6.07) is 12.9. The van der Waals surface area contributed by atoms with E-state index in [-0.39, 0.29) is 273 Å². The summed E-state index contributed by atoms with van der Waals surface area (Å²) in [5, 5.41) is 6.63. The van der Waals surface area contributed by atoms with Gasteiger partial charge in [-0.1, -0.05) is 38.2 Å². The number of hydrogen-bond acceptors (Lipinski definition) is 9. The number of ether oxygens (including phenoxy) is 1. The van der Waals surface area contributed by atoms with Crippen molar-refractivity contribution in [3.05, 3.63) is 66.1 Å². The van der Waals surface area contributed by atoms with Crippen molar-refractivity contribution >= 4 is 662 Å². The maximum atomic E-state index is 14.7. The molecule has 2 aromatic heterocycles. The van der Waals surface area contributed by atoms with Crippen molar-refractivity contribution in [2.75, 3.05) is 25.5 Å². The summed E-state index contributed by atoms with van der Waals surface area (Å²) < 4.78 is 51.0. The molecule has 1 aliphatic rings. The van der Waals surface area contributed by atoms with Crippen LogP contribution in [0.25, 0.3) is 34.0 Å². The van der Waals surface area contributed by atoms with Crippen LogP contribution in [0.1, 0.15) is 18.9 Å². The number of sulfone groups is 1. The molecule has 9 nitrogen and oxygen atoms in total. The summed E-state index contributed by atoms with van der Waals surface area (Å²) >= 11 is 0. The van der Waals surface area contributed by atoms with Crippen molar-refractivity contribution in [1.82, 2.24) is 20.4 Å². The molecule has 118 heavy (non-hydrogen) atoms. The van der Waals surface area contributed by atoms with Crippen LogP contribution in [0.5, 0.6) is 0 Å². The molecule has 2 aromatic carbocycles. The van der Waals surface area contributed by atoms with Gasteiger partial charge in [-0.2, -0.15) is 0 Å². The molecule has 680 valence electrons. The second-order valence-corrected chi connectivity index (χ2v) is 358. The molecule has 1 aliphatic heterocycles. The minimum absolute atomic E-state index is 0.119. The highest BCUT2D eigenvalue weighted by Gasteiger charge is 2.65. The molecule has 0 radical (unpaired) electrons. The van der Waals surface area contributed by atoms with Crippen molar-refractivity contribution in [3.8, 4) is 34.0 Å². The molecule has 1 saturated heterocycles. The molecule has 92 heteroatoms. The quantitative estimate of drug-likeness (QED) is 0.0415. The lowest BCUT2D eigenvalue weighted by molar-refractivity contribution is 0.198. The molecule has 0 saturated carbocycles. The Kier molecular flexibility index (Phi) is 88.7. The molecule has 0 amide bonds. The van der Waals surface area contributed by atoms with E-state index >= 15 is 0 Å². The van der Waals surface area contributed by atoms with E-state index in [1.165, 1.54) is 12.3 Å². The van der Waals surface area contributed by atoms with Crippen molar-refractivity contribution in [2.24, 2.45) is 0 Å². The van der Waals surface area contributed by atoms with E-state index in [9.17, 15) is 12.8 Å². The number of nitrogen functional groups attached to an aromatic ring is 1. The van der Waals surface area contributed by atoms with Gasteiger partial charge in [0.2, 0.25) is 0 Å². The predicted octanol–water partition coefficient (Wildman–Crippen LogP) is 51.4. The van der Waals surface area contributed by atoms with Gasteiger partial charge in [0.15, 0.2) is 27.1 Å². The van der Waals surface area contributed by atoms with Gasteiger partial charge in [-0.05, 0) is 315 Å². The number of benzene rings is 2. The number of hydrogen-bond donors (Lipinski definition) is 2. The van der Waals surface area contributed by atoms with Gasteiger partial charge in [0.1, 0.15) is 11.5 Å². The van der Waals surface area contributed by atoms with E-state index in [2.05, 4.69) is 387 Å². The SMILES string of the molecule is CCNCc1ccc(-c2cc(-c3nc(-c4ccc(S(=O)(=O)C5CCOC5)cc4)cnc3N)on2)c(F)c1.PPP(P(P)P)P(P(P)P)P(P(P(P)P)P(P)P)P(P(P(P(P(P)P)P(P)P)P(P(P)P)P(P)P)P(P(P(P)P)P(P)P)P(P(P)P)P(P)P)P(P(P(P(P)P)P(P)P)P(P(P)P)P(P)P)P(P(P(P)P)P(P)P)P(P(P)P)P(P)P.